The predicted octanol–water partition coefficient (Wildman–Crippen LogP) is 8.55. The van der Waals surface area contributed by atoms with Gasteiger partial charge in [0.2, 0.25) is 0 Å². The van der Waals surface area contributed by atoms with Crippen LogP contribution in [0.5, 0.6) is 11.5 Å². The Bertz CT molecular complexity index is 1520. The van der Waals surface area contributed by atoms with E-state index in [0.29, 0.717) is 48.3 Å². The fourth-order valence-electron chi connectivity index (χ4n) is 4.97. The molecule has 47 heavy (non-hydrogen) atoms. The van der Waals surface area contributed by atoms with Crippen LogP contribution in [0.3, 0.4) is 0 Å². The Labute approximate surface area is 284 Å². The van der Waals surface area contributed by atoms with E-state index in [1.165, 1.54) is 0 Å². The van der Waals surface area contributed by atoms with Crippen LogP contribution >= 0.6 is 11.6 Å². The molecule has 1 amide bonds. The maximum Gasteiger partial charge on any atom is 0.410 e. The highest BCUT2D eigenvalue weighted by atomic mass is 35.5. The monoisotopic (exact) mass is 679 g/mol. The number of para-hydroxylation sites is 1. The Morgan fingerprint density at radius 3 is 2.21 bits per heavy atom. The topological polar surface area (TPSA) is 83.5 Å². The Morgan fingerprint density at radius 2 is 1.55 bits per heavy atom. The SMILES string of the molecule is CCOC(=O)C1=C(c2ccc(OCCOc3ccccc3Cl)cc2)CCN(C(=O)OCc2ccccc2)C1CO[Si](C)(C)C(C)(C)C. The van der Waals surface area contributed by atoms with Gasteiger partial charge in [-0.1, -0.05) is 87.0 Å². The highest BCUT2D eigenvalue weighted by Gasteiger charge is 2.42. The van der Waals surface area contributed by atoms with Gasteiger partial charge in [0.15, 0.2) is 8.32 Å². The van der Waals surface area contributed by atoms with E-state index in [4.69, 9.17) is 35.0 Å². The molecule has 252 valence electrons. The highest BCUT2D eigenvalue weighted by Crippen LogP contribution is 2.39. The molecule has 0 radical (unpaired) electrons. The van der Waals surface area contributed by atoms with Crippen LogP contribution in [0, 0.1) is 0 Å². The molecule has 0 spiro atoms. The van der Waals surface area contributed by atoms with Gasteiger partial charge in [-0.25, -0.2) is 9.59 Å². The molecular weight excluding hydrogens is 634 g/mol. The molecule has 3 aromatic carbocycles. The van der Waals surface area contributed by atoms with E-state index in [0.717, 1.165) is 16.7 Å². The molecule has 1 unspecified atom stereocenters. The molecule has 0 bridgehead atoms. The maximum atomic E-state index is 13.7. The van der Waals surface area contributed by atoms with Crippen molar-refractivity contribution in [3.8, 4) is 11.5 Å². The molecule has 0 fully saturated rings. The first kappa shape index (κ1) is 36.1. The second-order valence-electron chi connectivity index (χ2n) is 12.8. The van der Waals surface area contributed by atoms with Gasteiger partial charge in [-0.05, 0) is 72.4 Å². The number of ether oxygens (including phenoxy) is 4. The molecule has 4 rings (SSSR count). The van der Waals surface area contributed by atoms with Crippen molar-refractivity contribution in [2.45, 2.75) is 64.9 Å². The largest absolute Gasteiger partial charge is 0.490 e. The third kappa shape index (κ3) is 9.62. The Hall–Kier alpha value is -3.79. The van der Waals surface area contributed by atoms with Gasteiger partial charge < -0.3 is 23.4 Å². The average Bonchev–Trinajstić information content (AvgIpc) is 3.05. The number of hydrogen-bond acceptors (Lipinski definition) is 7. The molecule has 10 heteroatoms. The first-order chi connectivity index (χ1) is 22.4. The van der Waals surface area contributed by atoms with E-state index >= 15 is 0 Å². The predicted molar refractivity (Wildman–Crippen MR) is 187 cm³/mol. The summed E-state index contributed by atoms with van der Waals surface area (Å²) in [6.45, 7) is 14.1. The number of carbonyl (C=O) groups is 2. The number of carbonyl (C=O) groups excluding carboxylic acids is 2. The van der Waals surface area contributed by atoms with E-state index in [1.54, 1.807) is 17.9 Å². The summed E-state index contributed by atoms with van der Waals surface area (Å²) < 4.78 is 29.6. The molecule has 1 heterocycles. The van der Waals surface area contributed by atoms with Crippen LogP contribution in [0.15, 0.2) is 84.4 Å². The van der Waals surface area contributed by atoms with Gasteiger partial charge in [0.25, 0.3) is 0 Å². The van der Waals surface area contributed by atoms with Crippen LogP contribution in [-0.4, -0.2) is 64.3 Å². The first-order valence-electron chi connectivity index (χ1n) is 16.0. The molecule has 8 nitrogen and oxygen atoms in total. The molecule has 0 saturated heterocycles. The van der Waals surface area contributed by atoms with Gasteiger partial charge in [-0.15, -0.1) is 0 Å². The molecular formula is C37H46ClNO7Si. The van der Waals surface area contributed by atoms with Crippen LogP contribution in [0.25, 0.3) is 5.57 Å². The fraction of sp³-hybridized carbons (Fsp3) is 0.405. The van der Waals surface area contributed by atoms with Crippen LogP contribution in [0.1, 0.15) is 45.2 Å². The van der Waals surface area contributed by atoms with Crippen LogP contribution < -0.4 is 9.47 Å². The maximum absolute atomic E-state index is 13.7. The zero-order valence-electron chi connectivity index (χ0n) is 28.2. The van der Waals surface area contributed by atoms with Crippen LogP contribution in [0.2, 0.25) is 23.2 Å². The zero-order chi connectivity index (χ0) is 34.0. The second-order valence-corrected chi connectivity index (χ2v) is 18.1. The van der Waals surface area contributed by atoms with Crippen LogP contribution in [0.4, 0.5) is 4.79 Å². The third-order valence-corrected chi connectivity index (χ3v) is 13.4. The van der Waals surface area contributed by atoms with Crippen molar-refractivity contribution in [2.24, 2.45) is 0 Å². The summed E-state index contributed by atoms with van der Waals surface area (Å²) in [6.07, 6.45) is -0.0573. The van der Waals surface area contributed by atoms with Gasteiger partial charge in [0, 0.05) is 6.54 Å². The van der Waals surface area contributed by atoms with Crippen molar-refractivity contribution in [1.82, 2.24) is 4.90 Å². The number of rotatable bonds is 13. The zero-order valence-corrected chi connectivity index (χ0v) is 30.0. The van der Waals surface area contributed by atoms with Crippen molar-refractivity contribution < 1.29 is 33.0 Å². The second kappa shape index (κ2) is 16.3. The summed E-state index contributed by atoms with van der Waals surface area (Å²) in [5.41, 5.74) is 2.96. The summed E-state index contributed by atoms with van der Waals surface area (Å²) >= 11 is 6.17. The van der Waals surface area contributed by atoms with Crippen molar-refractivity contribution in [3.05, 3.63) is 101 Å². The molecule has 1 aliphatic rings. The quantitative estimate of drug-likeness (QED) is 0.102. The minimum Gasteiger partial charge on any atom is -0.490 e. The number of halogens is 1. The molecule has 1 aliphatic heterocycles. The summed E-state index contributed by atoms with van der Waals surface area (Å²) in [6, 6.07) is 23.7. The fourth-order valence-corrected chi connectivity index (χ4v) is 6.17. The average molecular weight is 680 g/mol. The Balaban J connectivity index is 1.58. The Morgan fingerprint density at radius 1 is 0.894 bits per heavy atom. The number of benzene rings is 3. The van der Waals surface area contributed by atoms with Gasteiger partial charge in [0.05, 0.1) is 29.9 Å². The number of hydrogen-bond donors (Lipinski definition) is 0. The summed E-state index contributed by atoms with van der Waals surface area (Å²) in [5.74, 6) is 0.799. The summed E-state index contributed by atoms with van der Waals surface area (Å²) in [5, 5.41) is 0.483. The van der Waals surface area contributed by atoms with E-state index in [1.807, 2.05) is 72.8 Å². The van der Waals surface area contributed by atoms with E-state index in [9.17, 15) is 9.59 Å². The van der Waals surface area contributed by atoms with Crippen molar-refractivity contribution in [2.75, 3.05) is 33.0 Å². The lowest BCUT2D eigenvalue weighted by atomic mass is 9.88. The van der Waals surface area contributed by atoms with Gasteiger partial charge in [-0.2, -0.15) is 0 Å². The molecule has 1 atom stereocenters. The lowest BCUT2D eigenvalue weighted by molar-refractivity contribution is -0.139. The standard InChI is InChI=1S/C37H46ClNO7Si/c1-7-42-35(40)34-30(28-17-19-29(20-18-28)43-23-24-44-33-16-12-11-15-31(33)38)21-22-39(32(34)26-46-47(5,6)37(2,3)4)36(41)45-25-27-13-9-8-10-14-27/h8-20,32H,7,21-26H2,1-6H3. The summed E-state index contributed by atoms with van der Waals surface area (Å²) in [4.78, 5) is 28.9. The lowest BCUT2D eigenvalue weighted by Crippen LogP contribution is -2.52. The lowest BCUT2D eigenvalue weighted by Gasteiger charge is -2.41. The Kier molecular flexibility index (Phi) is 12.5. The molecule has 0 N–H and O–H groups in total. The minimum absolute atomic E-state index is 0.0643. The number of nitrogens with zero attached hydrogens (tertiary/aromatic N) is 1. The molecule has 0 aromatic heterocycles. The van der Waals surface area contributed by atoms with E-state index in [-0.39, 0.29) is 24.9 Å². The molecule has 0 aliphatic carbocycles. The summed E-state index contributed by atoms with van der Waals surface area (Å²) in [7, 11) is -2.24. The van der Waals surface area contributed by atoms with Gasteiger partial charge >= 0.3 is 12.1 Å². The minimum atomic E-state index is -2.24. The smallest absolute Gasteiger partial charge is 0.410 e. The normalized spacial score (nSPS) is 15.3. The van der Waals surface area contributed by atoms with Crippen molar-refractivity contribution >= 4 is 37.6 Å². The van der Waals surface area contributed by atoms with Crippen molar-refractivity contribution in [1.29, 1.82) is 0 Å². The van der Waals surface area contributed by atoms with Crippen molar-refractivity contribution in [3.63, 3.8) is 0 Å². The highest BCUT2D eigenvalue weighted by molar-refractivity contribution is 6.74. The number of amides is 1. The van der Waals surface area contributed by atoms with Gasteiger partial charge in [0.1, 0.15) is 31.3 Å². The van der Waals surface area contributed by atoms with Crippen LogP contribution in [-0.2, 0) is 25.3 Å². The molecule has 0 saturated carbocycles. The van der Waals surface area contributed by atoms with Gasteiger partial charge in [-0.3, -0.25) is 4.90 Å². The van der Waals surface area contributed by atoms with E-state index in [2.05, 4.69) is 33.9 Å². The third-order valence-electron chi connectivity index (χ3n) is 8.63. The number of esters is 1. The van der Waals surface area contributed by atoms with E-state index < -0.39 is 26.4 Å². The molecule has 3 aromatic rings. The first-order valence-corrected chi connectivity index (χ1v) is 19.3.